The molecule has 4 rings (SSSR count). The minimum atomic E-state index is -2.65. The molecule has 2 aromatic heterocycles. The van der Waals surface area contributed by atoms with E-state index < -0.39 is 12.3 Å². The summed E-state index contributed by atoms with van der Waals surface area (Å²) in [5, 5.41) is 16.1. The van der Waals surface area contributed by atoms with Crippen molar-refractivity contribution in [2.45, 2.75) is 86.0 Å². The largest absolute Gasteiger partial charge is 0.333 e. The molecule has 3 heterocycles. The normalized spacial score (nSPS) is 16.7. The molecule has 0 aliphatic carbocycles. The average molecular weight is 611 g/mol. The summed E-state index contributed by atoms with van der Waals surface area (Å²) < 4.78 is 28.2. The highest BCUT2D eigenvalue weighted by atomic mass is 32.1. The fourth-order valence-electron chi connectivity index (χ4n) is 5.04. The molecule has 0 radical (unpaired) electrons. The molecule has 2 N–H and O–H groups in total. The Morgan fingerprint density at radius 1 is 1.21 bits per heavy atom. The van der Waals surface area contributed by atoms with Crippen molar-refractivity contribution in [1.29, 1.82) is 5.26 Å². The highest BCUT2D eigenvalue weighted by Gasteiger charge is 2.32. The lowest BCUT2D eigenvalue weighted by atomic mass is 9.88. The number of allylic oxidation sites excluding steroid dienone is 1. The van der Waals surface area contributed by atoms with Gasteiger partial charge in [0.1, 0.15) is 11.6 Å². The molecule has 43 heavy (non-hydrogen) atoms. The third-order valence-electron chi connectivity index (χ3n) is 7.90. The molecule has 11 heteroatoms. The predicted octanol–water partition coefficient (Wildman–Crippen LogP) is 6.91. The van der Waals surface area contributed by atoms with Gasteiger partial charge in [-0.3, -0.25) is 14.9 Å². The van der Waals surface area contributed by atoms with Gasteiger partial charge in [-0.05, 0) is 60.9 Å². The number of likely N-dealkylation sites (tertiary alicyclic amines) is 1. The van der Waals surface area contributed by atoms with E-state index in [4.69, 9.17) is 4.98 Å². The molecule has 0 unspecified atom stereocenters. The van der Waals surface area contributed by atoms with Crippen LogP contribution in [-0.4, -0.2) is 44.9 Å². The number of hydrogen-bond donors (Lipinski definition) is 2. The van der Waals surface area contributed by atoms with Crippen molar-refractivity contribution in [1.82, 2.24) is 19.8 Å². The molecule has 1 aliphatic heterocycles. The zero-order valence-electron chi connectivity index (χ0n) is 25.6. The summed E-state index contributed by atoms with van der Waals surface area (Å²) in [7, 11) is 0. The van der Waals surface area contributed by atoms with Gasteiger partial charge in [-0.1, -0.05) is 46.8 Å². The predicted molar refractivity (Wildman–Crippen MR) is 166 cm³/mol. The lowest BCUT2D eigenvalue weighted by Crippen LogP contribution is -2.39. The van der Waals surface area contributed by atoms with Crippen LogP contribution in [0.5, 0.6) is 0 Å². The van der Waals surface area contributed by atoms with Gasteiger partial charge in [-0.25, -0.2) is 13.8 Å². The van der Waals surface area contributed by atoms with Gasteiger partial charge < -0.3 is 14.8 Å². The molecule has 1 fully saturated rings. The molecule has 8 nitrogen and oxygen atoms in total. The van der Waals surface area contributed by atoms with Gasteiger partial charge in [0.05, 0.1) is 26.8 Å². The standard InChI is InChI=1S/C32H40F2N6O2S/c1-19(2)14-22(16-35)30(42)39-13-7-8-23(39)18-40-25-15-21(17-36-20(3)32(4,5)6)9-10-24(25)37-31(40)38-29(41)27-12-11-26(43-27)28(33)34/h9-12,14-15,19-20,23,28,36H,7-8,13,17-18H2,1-6H3,(H,37,38,41)/b22-14+/t20-,23-/m1/s1. The molecule has 1 aliphatic rings. The van der Waals surface area contributed by atoms with Crippen molar-refractivity contribution in [3.63, 3.8) is 0 Å². The summed E-state index contributed by atoms with van der Waals surface area (Å²) >= 11 is 0.745. The second-order valence-corrected chi connectivity index (χ2v) is 13.6. The molecule has 3 aromatic rings. The van der Waals surface area contributed by atoms with Gasteiger partial charge in [0.2, 0.25) is 5.95 Å². The van der Waals surface area contributed by atoms with Crippen LogP contribution >= 0.6 is 11.3 Å². The number of carbonyl (C=O) groups excluding carboxylic acids is 2. The zero-order valence-corrected chi connectivity index (χ0v) is 26.4. The highest BCUT2D eigenvalue weighted by molar-refractivity contribution is 7.14. The van der Waals surface area contributed by atoms with Gasteiger partial charge in [-0.2, -0.15) is 5.26 Å². The second kappa shape index (κ2) is 13.3. The fourth-order valence-corrected chi connectivity index (χ4v) is 5.80. The number of carbonyl (C=O) groups is 2. The molecular weight excluding hydrogens is 570 g/mol. The number of amides is 2. The maximum Gasteiger partial charge on any atom is 0.272 e. The average Bonchev–Trinajstić information content (AvgIpc) is 3.69. The molecule has 0 spiro atoms. The third kappa shape index (κ3) is 7.67. The number of benzene rings is 1. The Hall–Kier alpha value is -3.62. The number of anilines is 1. The minimum Gasteiger partial charge on any atom is -0.333 e. The van der Waals surface area contributed by atoms with Gasteiger partial charge in [0.25, 0.3) is 18.2 Å². The molecule has 2 amide bonds. The van der Waals surface area contributed by atoms with Crippen LogP contribution in [0, 0.1) is 22.7 Å². The van der Waals surface area contributed by atoms with E-state index in [2.05, 4.69) is 44.4 Å². The summed E-state index contributed by atoms with van der Waals surface area (Å²) in [5.74, 6) is -0.499. The van der Waals surface area contributed by atoms with Gasteiger partial charge in [0.15, 0.2) is 0 Å². The van der Waals surface area contributed by atoms with Crippen molar-refractivity contribution in [3.8, 4) is 6.07 Å². The maximum atomic E-state index is 13.4. The number of fused-ring (bicyclic) bond motifs is 1. The molecule has 230 valence electrons. The summed E-state index contributed by atoms with van der Waals surface area (Å²) in [6.45, 7) is 14.0. The van der Waals surface area contributed by atoms with Crippen LogP contribution in [-0.2, 0) is 17.9 Å². The molecule has 1 saturated heterocycles. The van der Waals surface area contributed by atoms with Crippen molar-refractivity contribution in [3.05, 3.63) is 57.3 Å². The number of aromatic nitrogens is 2. The number of hydrogen-bond acceptors (Lipinski definition) is 6. The monoisotopic (exact) mass is 610 g/mol. The summed E-state index contributed by atoms with van der Waals surface area (Å²) in [4.78, 5) is 32.9. The molecule has 1 aromatic carbocycles. The minimum absolute atomic E-state index is 0.0509. The first-order valence-electron chi connectivity index (χ1n) is 14.6. The van der Waals surface area contributed by atoms with Gasteiger partial charge >= 0.3 is 0 Å². The van der Waals surface area contributed by atoms with Crippen molar-refractivity contribution in [2.24, 2.45) is 11.3 Å². The number of nitriles is 1. The van der Waals surface area contributed by atoms with Crippen LogP contribution in [0.4, 0.5) is 14.7 Å². The quantitative estimate of drug-likeness (QED) is 0.192. The Balaban J connectivity index is 1.69. The lowest BCUT2D eigenvalue weighted by Gasteiger charge is -2.28. The van der Waals surface area contributed by atoms with Crippen molar-refractivity contribution >= 4 is 40.1 Å². The topological polar surface area (TPSA) is 103 Å². The molecule has 0 bridgehead atoms. The molecular formula is C32H40F2N6O2S. The number of nitrogens with one attached hydrogen (secondary N) is 2. The first-order valence-corrected chi connectivity index (χ1v) is 15.4. The summed E-state index contributed by atoms with van der Waals surface area (Å²) in [6, 6.07) is 10.7. The second-order valence-electron chi connectivity index (χ2n) is 12.5. The number of halogens is 2. The van der Waals surface area contributed by atoms with Crippen LogP contribution in [0.25, 0.3) is 11.0 Å². The van der Waals surface area contributed by atoms with Gasteiger partial charge in [0, 0.05) is 25.7 Å². The maximum absolute atomic E-state index is 13.4. The Morgan fingerprint density at radius 2 is 1.95 bits per heavy atom. The highest BCUT2D eigenvalue weighted by Crippen LogP contribution is 2.30. The van der Waals surface area contributed by atoms with Crippen LogP contribution in [0.15, 0.2) is 42.0 Å². The number of thiophene rings is 1. The number of imidazole rings is 1. The van der Waals surface area contributed by atoms with Gasteiger partial charge in [-0.15, -0.1) is 11.3 Å². The SMILES string of the molecule is CC(C)/C=C(\C#N)C(=O)N1CCC[C@@H]1Cn1c(NC(=O)c2ccc(C(F)F)s2)nc2ccc(CN[C@H](C)C(C)(C)C)cc21. The number of nitrogens with zero attached hydrogens (tertiary/aromatic N) is 4. The van der Waals surface area contributed by atoms with Crippen LogP contribution in [0.2, 0.25) is 0 Å². The van der Waals surface area contributed by atoms with E-state index in [0.717, 1.165) is 35.3 Å². The first-order chi connectivity index (χ1) is 20.3. The number of alkyl halides is 2. The van der Waals surface area contributed by atoms with Crippen LogP contribution in [0.3, 0.4) is 0 Å². The fraction of sp³-hybridized carbons (Fsp3) is 0.500. The molecule has 2 atom stereocenters. The van der Waals surface area contributed by atoms with Crippen LogP contribution in [0.1, 0.15) is 80.9 Å². The Labute approximate surface area is 255 Å². The van der Waals surface area contributed by atoms with E-state index >= 15 is 0 Å². The van der Waals surface area contributed by atoms with E-state index in [1.54, 1.807) is 11.0 Å². The van der Waals surface area contributed by atoms with E-state index in [1.807, 2.05) is 36.6 Å². The van der Waals surface area contributed by atoms with Crippen molar-refractivity contribution in [2.75, 3.05) is 11.9 Å². The Bertz CT molecular complexity index is 1550. The summed E-state index contributed by atoms with van der Waals surface area (Å²) in [5.41, 5.74) is 2.69. The van der Waals surface area contributed by atoms with E-state index in [1.165, 1.54) is 12.1 Å². The Morgan fingerprint density at radius 3 is 2.58 bits per heavy atom. The first kappa shape index (κ1) is 32.3. The zero-order chi connectivity index (χ0) is 31.5. The van der Waals surface area contributed by atoms with E-state index in [9.17, 15) is 23.6 Å². The van der Waals surface area contributed by atoms with Crippen LogP contribution < -0.4 is 10.6 Å². The summed E-state index contributed by atoms with van der Waals surface area (Å²) in [6.07, 6.45) is 0.545. The van der Waals surface area contributed by atoms with Crippen molar-refractivity contribution < 1.29 is 18.4 Å². The van der Waals surface area contributed by atoms with E-state index in [0.29, 0.717) is 25.2 Å². The third-order valence-corrected chi connectivity index (χ3v) is 8.99. The lowest BCUT2D eigenvalue weighted by molar-refractivity contribution is -0.127. The Kier molecular flexibility index (Phi) is 10.0. The van der Waals surface area contributed by atoms with E-state index in [-0.39, 0.29) is 50.6 Å². The smallest absolute Gasteiger partial charge is 0.272 e. The number of rotatable bonds is 10. The molecule has 0 saturated carbocycles.